The number of ether oxygens (including phenoxy) is 4. The van der Waals surface area contributed by atoms with Gasteiger partial charge in [0, 0.05) is 11.3 Å². The molecule has 1 amide bonds. The summed E-state index contributed by atoms with van der Waals surface area (Å²) in [5, 5.41) is 2.94. The molecule has 5 aromatic rings. The summed E-state index contributed by atoms with van der Waals surface area (Å²) in [6.07, 6.45) is 0.723. The predicted octanol–water partition coefficient (Wildman–Crippen LogP) is 8.02. The summed E-state index contributed by atoms with van der Waals surface area (Å²) in [5.41, 5.74) is 3.08. The number of hydrogen-bond acceptors (Lipinski definition) is 9. The number of nitrogens with one attached hydrogen (secondary N) is 2. The Morgan fingerprint density at radius 1 is 0.804 bits per heavy atom. The first-order chi connectivity index (χ1) is 24.4. The second-order valence-corrected chi connectivity index (χ2v) is 14.2. The number of rotatable bonds is 14. The van der Waals surface area contributed by atoms with Gasteiger partial charge in [0.1, 0.15) is 5.75 Å². The van der Waals surface area contributed by atoms with Crippen LogP contribution in [0.1, 0.15) is 45.2 Å². The second kappa shape index (κ2) is 15.9. The highest BCUT2D eigenvalue weighted by Crippen LogP contribution is 2.42. The van der Waals surface area contributed by atoms with E-state index in [2.05, 4.69) is 20.0 Å². The van der Waals surface area contributed by atoms with E-state index in [1.807, 2.05) is 52.0 Å². The first-order valence-corrected chi connectivity index (χ1v) is 17.9. The molecule has 0 aliphatic rings. The Labute approximate surface area is 299 Å². The highest BCUT2D eigenvalue weighted by atomic mass is 32.2. The number of benzene rings is 4. The number of nitrogens with zero attached hydrogens (tertiary/aromatic N) is 2. The Bertz CT molecular complexity index is 2080. The number of aryl methyl sites for hydroxylation is 1. The molecule has 12 heteroatoms. The molecular formula is C39H42N4O7S. The summed E-state index contributed by atoms with van der Waals surface area (Å²) in [5.74, 6) is 0.722. The molecule has 0 bridgehead atoms. The normalized spacial score (nSPS) is 11.4. The molecule has 1 aromatic heterocycles. The summed E-state index contributed by atoms with van der Waals surface area (Å²) in [7, 11) is -1.15. The van der Waals surface area contributed by atoms with Crippen molar-refractivity contribution in [3.63, 3.8) is 0 Å². The molecule has 0 radical (unpaired) electrons. The highest BCUT2D eigenvalue weighted by Gasteiger charge is 2.26. The van der Waals surface area contributed by atoms with Crippen molar-refractivity contribution in [1.29, 1.82) is 0 Å². The third-order valence-electron chi connectivity index (χ3n) is 7.97. The molecule has 51 heavy (non-hydrogen) atoms. The number of methoxy groups -OCH3 is 2. The molecule has 0 saturated carbocycles. The second-order valence-electron chi connectivity index (χ2n) is 12.5. The zero-order chi connectivity index (χ0) is 36.6. The van der Waals surface area contributed by atoms with Gasteiger partial charge in [-0.15, -0.1) is 0 Å². The zero-order valence-electron chi connectivity index (χ0n) is 29.5. The lowest BCUT2D eigenvalue weighted by Gasteiger charge is -2.20. The van der Waals surface area contributed by atoms with Crippen molar-refractivity contribution in [2.75, 3.05) is 30.9 Å². The van der Waals surface area contributed by atoms with Crippen LogP contribution in [0.4, 0.5) is 11.5 Å². The fourth-order valence-corrected chi connectivity index (χ4v) is 6.10. The molecule has 0 unspecified atom stereocenters. The van der Waals surface area contributed by atoms with Crippen LogP contribution in [0.2, 0.25) is 0 Å². The van der Waals surface area contributed by atoms with Gasteiger partial charge < -0.3 is 24.3 Å². The minimum atomic E-state index is -4.20. The van der Waals surface area contributed by atoms with Gasteiger partial charge in [0.2, 0.25) is 11.7 Å². The Morgan fingerprint density at radius 3 is 2.12 bits per heavy atom. The molecule has 0 aliphatic carbocycles. The number of aromatic nitrogens is 2. The molecule has 11 nitrogen and oxygen atoms in total. The quantitative estimate of drug-likeness (QED) is 0.117. The molecule has 5 rings (SSSR count). The van der Waals surface area contributed by atoms with Crippen LogP contribution < -0.4 is 29.0 Å². The van der Waals surface area contributed by atoms with Gasteiger partial charge >= 0.3 is 0 Å². The van der Waals surface area contributed by atoms with Gasteiger partial charge in [-0.3, -0.25) is 9.52 Å². The monoisotopic (exact) mass is 710 g/mol. The van der Waals surface area contributed by atoms with Crippen LogP contribution >= 0.6 is 0 Å². The van der Waals surface area contributed by atoms with Crippen molar-refractivity contribution in [2.24, 2.45) is 0 Å². The van der Waals surface area contributed by atoms with Gasteiger partial charge in [-0.05, 0) is 77.6 Å². The van der Waals surface area contributed by atoms with Crippen molar-refractivity contribution in [3.05, 3.63) is 108 Å². The van der Waals surface area contributed by atoms with E-state index in [1.54, 1.807) is 79.9 Å². The van der Waals surface area contributed by atoms with Gasteiger partial charge in [0.25, 0.3) is 15.9 Å². The number of para-hydroxylation sites is 3. The van der Waals surface area contributed by atoms with E-state index in [0.29, 0.717) is 17.1 Å². The summed E-state index contributed by atoms with van der Waals surface area (Å²) >= 11 is 0. The van der Waals surface area contributed by atoms with Crippen LogP contribution in [-0.4, -0.2) is 45.1 Å². The number of amides is 1. The Kier molecular flexibility index (Phi) is 11.5. The number of hydrogen-bond donors (Lipinski definition) is 2. The predicted molar refractivity (Wildman–Crippen MR) is 198 cm³/mol. The van der Waals surface area contributed by atoms with Gasteiger partial charge in [0.05, 0.1) is 32.1 Å². The molecule has 1 heterocycles. The maximum absolute atomic E-state index is 13.9. The third kappa shape index (κ3) is 9.14. The van der Waals surface area contributed by atoms with Crippen molar-refractivity contribution < 1.29 is 32.2 Å². The number of sulfonamides is 1. The molecule has 266 valence electrons. The minimum absolute atomic E-state index is 0.0230. The zero-order valence-corrected chi connectivity index (χ0v) is 30.3. The first-order valence-electron chi connectivity index (χ1n) is 16.4. The van der Waals surface area contributed by atoms with Crippen molar-refractivity contribution in [2.45, 2.75) is 50.8 Å². The molecule has 0 saturated heterocycles. The smallest absolute Gasteiger partial charge is 0.263 e. The summed E-state index contributed by atoms with van der Waals surface area (Å²) in [4.78, 5) is 22.3. The minimum Gasteiger partial charge on any atom is -0.497 e. The van der Waals surface area contributed by atoms with Gasteiger partial charge in [-0.1, -0.05) is 70.2 Å². The van der Waals surface area contributed by atoms with E-state index in [4.69, 9.17) is 18.9 Å². The Hall–Kier alpha value is -5.62. The molecule has 0 aliphatic heterocycles. The number of anilines is 2. The summed E-state index contributed by atoms with van der Waals surface area (Å²) < 4.78 is 53.6. The molecule has 4 aromatic carbocycles. The van der Waals surface area contributed by atoms with Crippen LogP contribution in [0.3, 0.4) is 0 Å². The molecule has 0 atom stereocenters. The van der Waals surface area contributed by atoms with Gasteiger partial charge in [-0.25, -0.2) is 13.4 Å². The Morgan fingerprint density at radius 2 is 1.47 bits per heavy atom. The third-order valence-corrected chi connectivity index (χ3v) is 9.32. The summed E-state index contributed by atoms with van der Waals surface area (Å²) in [6, 6.07) is 28.0. The number of carbonyl (C=O) groups excluding carboxylic acids is 1. The lowest BCUT2D eigenvalue weighted by atomic mass is 9.87. The van der Waals surface area contributed by atoms with E-state index in [0.717, 1.165) is 23.2 Å². The van der Waals surface area contributed by atoms with Crippen LogP contribution in [0.15, 0.2) is 102 Å². The Balaban J connectivity index is 1.56. The van der Waals surface area contributed by atoms with E-state index in [1.165, 1.54) is 7.11 Å². The fraction of sp³-hybridized carbons (Fsp3) is 0.256. The van der Waals surface area contributed by atoms with Crippen LogP contribution in [0.25, 0.3) is 11.4 Å². The van der Waals surface area contributed by atoms with E-state index >= 15 is 0 Å². The van der Waals surface area contributed by atoms with Crippen molar-refractivity contribution in [1.82, 2.24) is 9.97 Å². The fourth-order valence-electron chi connectivity index (χ4n) is 5.10. The van der Waals surface area contributed by atoms with E-state index in [9.17, 15) is 13.2 Å². The maximum atomic E-state index is 13.9. The number of carbonyl (C=O) groups is 1. The first kappa shape index (κ1) is 36.7. The topological polar surface area (TPSA) is 138 Å². The SMILES string of the molecule is CCc1ccccc1NC(=O)CCOc1nc(-c2ccc(OC)cc2)nc(NS(=O)(=O)c2ccc(C(C)(C)C)cc2)c1Oc1ccccc1OC. The maximum Gasteiger partial charge on any atom is 0.263 e. The van der Waals surface area contributed by atoms with Crippen molar-refractivity contribution >= 4 is 27.4 Å². The van der Waals surface area contributed by atoms with E-state index < -0.39 is 10.0 Å². The molecule has 0 fully saturated rings. The lowest BCUT2D eigenvalue weighted by molar-refractivity contribution is -0.116. The largest absolute Gasteiger partial charge is 0.497 e. The summed E-state index contributed by atoms with van der Waals surface area (Å²) in [6.45, 7) is 8.05. The van der Waals surface area contributed by atoms with Crippen LogP contribution in [-0.2, 0) is 26.7 Å². The average molecular weight is 711 g/mol. The van der Waals surface area contributed by atoms with E-state index in [-0.39, 0.29) is 58.3 Å². The van der Waals surface area contributed by atoms with Gasteiger partial charge in [0.15, 0.2) is 23.1 Å². The van der Waals surface area contributed by atoms with Gasteiger partial charge in [-0.2, -0.15) is 4.98 Å². The van der Waals surface area contributed by atoms with Crippen molar-refractivity contribution in [3.8, 4) is 40.3 Å². The molecular weight excluding hydrogens is 669 g/mol. The van der Waals surface area contributed by atoms with Crippen LogP contribution in [0, 0.1) is 0 Å². The lowest BCUT2D eigenvalue weighted by Crippen LogP contribution is -2.18. The van der Waals surface area contributed by atoms with Crippen LogP contribution in [0.5, 0.6) is 28.9 Å². The highest BCUT2D eigenvalue weighted by molar-refractivity contribution is 7.92. The average Bonchev–Trinajstić information content (AvgIpc) is 3.12. The standard InChI is InChI=1S/C39H42N4O7S/c1-7-26-12-8-9-13-31(26)40-34(44)24-25-49-38-35(50-33-15-11-10-14-32(33)48-6)37(41-36(42-38)27-16-20-29(47-5)21-17-27)43-51(45,46)30-22-18-28(19-23-30)39(2,3)4/h8-23H,7,24-25H2,1-6H3,(H,40,44)(H,41,42,43). The molecule has 2 N–H and O–H groups in total. The molecule has 0 spiro atoms.